The van der Waals surface area contributed by atoms with Crippen molar-refractivity contribution in [2.45, 2.75) is 57.7 Å². The van der Waals surface area contributed by atoms with E-state index in [9.17, 15) is 27.2 Å². The molecule has 0 saturated carbocycles. The Morgan fingerprint density at radius 2 is 1.70 bits per heavy atom. The van der Waals surface area contributed by atoms with Gasteiger partial charge in [0.1, 0.15) is 5.82 Å². The van der Waals surface area contributed by atoms with Crippen LogP contribution < -0.4 is 10.2 Å². The van der Waals surface area contributed by atoms with Crippen LogP contribution in [-0.4, -0.2) is 62.1 Å². The number of amides is 2. The molecule has 0 bridgehead atoms. The molecular weight excluding hydrogens is 526 g/mol. The first-order valence-corrected chi connectivity index (χ1v) is 13.6. The minimum absolute atomic E-state index is 0.0137. The van der Waals surface area contributed by atoms with Crippen LogP contribution >= 0.6 is 0 Å². The molecule has 6 nitrogen and oxygen atoms in total. The Balaban J connectivity index is 1.56. The van der Waals surface area contributed by atoms with Crippen LogP contribution in [0.15, 0.2) is 42.5 Å². The third kappa shape index (κ3) is 6.77. The molecule has 0 unspecified atom stereocenters. The fourth-order valence-corrected chi connectivity index (χ4v) is 5.46. The van der Waals surface area contributed by atoms with Crippen LogP contribution in [0.2, 0.25) is 0 Å². The zero-order chi connectivity index (χ0) is 29.2. The Morgan fingerprint density at radius 3 is 2.30 bits per heavy atom. The average molecular weight is 564 g/mol. The molecule has 0 aromatic heterocycles. The molecule has 10 heteroatoms. The number of carbonyl (C=O) groups is 2. The lowest BCUT2D eigenvalue weighted by Gasteiger charge is -2.32. The molecule has 2 amide bonds. The van der Waals surface area contributed by atoms with Crippen molar-refractivity contribution in [3.63, 3.8) is 0 Å². The molecule has 2 heterocycles. The number of morpholine rings is 1. The summed E-state index contributed by atoms with van der Waals surface area (Å²) >= 11 is 0. The number of ether oxygens (including phenoxy) is 1. The molecule has 1 N–H and O–H groups in total. The lowest BCUT2D eigenvalue weighted by Crippen LogP contribution is -2.49. The molecule has 2 aliphatic heterocycles. The maximum atomic E-state index is 14.0. The minimum atomic E-state index is -4.51. The smallest absolute Gasteiger partial charge is 0.378 e. The van der Waals surface area contributed by atoms with E-state index in [0.29, 0.717) is 45.0 Å². The van der Waals surface area contributed by atoms with Gasteiger partial charge in [0.05, 0.1) is 24.7 Å². The lowest BCUT2D eigenvalue weighted by atomic mass is 9.87. The number of rotatable bonds is 8. The van der Waals surface area contributed by atoms with E-state index >= 15 is 0 Å². The van der Waals surface area contributed by atoms with Gasteiger partial charge in [0.25, 0.3) is 0 Å². The van der Waals surface area contributed by atoms with Gasteiger partial charge in [-0.05, 0) is 47.4 Å². The van der Waals surface area contributed by atoms with Gasteiger partial charge in [0, 0.05) is 49.7 Å². The van der Waals surface area contributed by atoms with Crippen molar-refractivity contribution in [1.29, 1.82) is 0 Å². The summed E-state index contributed by atoms with van der Waals surface area (Å²) in [6.07, 6.45) is -4.67. The van der Waals surface area contributed by atoms with Crippen molar-refractivity contribution >= 4 is 17.5 Å². The molecule has 0 spiro atoms. The first-order chi connectivity index (χ1) is 18.8. The summed E-state index contributed by atoms with van der Waals surface area (Å²) < 4.78 is 58.9. The van der Waals surface area contributed by atoms with Gasteiger partial charge in [-0.2, -0.15) is 13.2 Å². The number of hydrogen-bond donors (Lipinski definition) is 1. The summed E-state index contributed by atoms with van der Waals surface area (Å²) in [5, 5.41) is 3.09. The molecule has 40 heavy (non-hydrogen) atoms. The van der Waals surface area contributed by atoms with E-state index in [2.05, 4.69) is 10.2 Å². The number of nitrogens with one attached hydrogen (secondary N) is 1. The van der Waals surface area contributed by atoms with E-state index < -0.39 is 23.6 Å². The molecule has 4 rings (SSSR count). The van der Waals surface area contributed by atoms with E-state index in [4.69, 9.17) is 4.74 Å². The standard InChI is InChI=1S/C30H37F4N3O3/c1-19(2)25(17-37-18-29(3,4)24-15-22(31)9-10-26(24)37)35-28(39)23(16-27(38)36-11-13-40-14-12-36)20-5-7-21(8-6-20)30(32,33)34/h5-10,15,19,23,25H,11-14,16-18H2,1-4H3,(H,35,39)/t23-,25-/m1/s1. The Morgan fingerprint density at radius 1 is 1.05 bits per heavy atom. The molecule has 1 saturated heterocycles. The highest BCUT2D eigenvalue weighted by Gasteiger charge is 2.38. The minimum Gasteiger partial charge on any atom is -0.378 e. The molecule has 218 valence electrons. The zero-order valence-corrected chi connectivity index (χ0v) is 23.4. The molecule has 0 aliphatic carbocycles. The van der Waals surface area contributed by atoms with Gasteiger partial charge < -0.3 is 19.9 Å². The number of nitrogens with zero attached hydrogens (tertiary/aromatic N) is 2. The lowest BCUT2D eigenvalue weighted by molar-refractivity contribution is -0.138. The number of carbonyl (C=O) groups excluding carboxylic acids is 2. The molecule has 0 radical (unpaired) electrons. The van der Waals surface area contributed by atoms with Crippen LogP contribution in [0.25, 0.3) is 0 Å². The SMILES string of the molecule is CC(C)[C@@H](CN1CC(C)(C)c2cc(F)ccc21)NC(=O)[C@H](CC(=O)N1CCOCC1)c1ccc(C(F)(F)F)cc1. The van der Waals surface area contributed by atoms with Gasteiger partial charge in [0.2, 0.25) is 11.8 Å². The van der Waals surface area contributed by atoms with E-state index in [-0.39, 0.29) is 35.5 Å². The van der Waals surface area contributed by atoms with Gasteiger partial charge in [-0.25, -0.2) is 4.39 Å². The monoisotopic (exact) mass is 563 g/mol. The van der Waals surface area contributed by atoms with Crippen molar-refractivity contribution in [2.24, 2.45) is 5.92 Å². The Kier molecular flexibility index (Phi) is 8.77. The topological polar surface area (TPSA) is 61.9 Å². The Labute approximate surface area is 232 Å². The molecule has 1 fully saturated rings. The predicted octanol–water partition coefficient (Wildman–Crippen LogP) is 5.12. The van der Waals surface area contributed by atoms with E-state index in [0.717, 1.165) is 23.4 Å². The molecule has 2 aliphatic rings. The second-order valence-electron chi connectivity index (χ2n) is 11.7. The molecule has 2 aromatic rings. The highest BCUT2D eigenvalue weighted by Crippen LogP contribution is 2.41. The largest absolute Gasteiger partial charge is 0.416 e. The molecule has 2 atom stereocenters. The number of hydrogen-bond acceptors (Lipinski definition) is 4. The highest BCUT2D eigenvalue weighted by molar-refractivity contribution is 5.90. The van der Waals surface area contributed by atoms with Crippen LogP contribution in [0.3, 0.4) is 0 Å². The van der Waals surface area contributed by atoms with Crippen molar-refractivity contribution in [3.05, 3.63) is 65.0 Å². The summed E-state index contributed by atoms with van der Waals surface area (Å²) in [7, 11) is 0. The third-order valence-electron chi connectivity index (χ3n) is 7.86. The molecular formula is C30H37F4N3O3. The number of alkyl halides is 3. The average Bonchev–Trinajstić information content (AvgIpc) is 3.15. The number of fused-ring (bicyclic) bond motifs is 1. The fourth-order valence-electron chi connectivity index (χ4n) is 5.46. The first kappa shape index (κ1) is 29.8. The van der Waals surface area contributed by atoms with Crippen molar-refractivity contribution in [1.82, 2.24) is 10.2 Å². The maximum Gasteiger partial charge on any atom is 0.416 e. The van der Waals surface area contributed by atoms with Gasteiger partial charge in [-0.3, -0.25) is 9.59 Å². The second kappa shape index (κ2) is 11.8. The summed E-state index contributed by atoms with van der Waals surface area (Å²) in [5.74, 6) is -1.92. The van der Waals surface area contributed by atoms with Crippen molar-refractivity contribution in [3.8, 4) is 0 Å². The van der Waals surface area contributed by atoms with Crippen LogP contribution in [0.5, 0.6) is 0 Å². The summed E-state index contributed by atoms with van der Waals surface area (Å²) in [4.78, 5) is 30.6. The van der Waals surface area contributed by atoms with Crippen LogP contribution in [0, 0.1) is 11.7 Å². The highest BCUT2D eigenvalue weighted by atomic mass is 19.4. The quantitative estimate of drug-likeness (QED) is 0.454. The van der Waals surface area contributed by atoms with E-state index in [1.165, 1.54) is 18.2 Å². The van der Waals surface area contributed by atoms with Crippen molar-refractivity contribution < 1.29 is 31.9 Å². The van der Waals surface area contributed by atoms with E-state index in [1.807, 2.05) is 27.7 Å². The van der Waals surface area contributed by atoms with Crippen LogP contribution in [0.4, 0.5) is 23.2 Å². The summed E-state index contributed by atoms with van der Waals surface area (Å²) in [5.41, 5.74) is 1.06. The van der Waals surface area contributed by atoms with Crippen LogP contribution in [0.1, 0.15) is 56.7 Å². The normalized spacial score (nSPS) is 18.4. The Bertz CT molecular complexity index is 1210. The van der Waals surface area contributed by atoms with Gasteiger partial charge in [-0.1, -0.05) is 39.8 Å². The van der Waals surface area contributed by atoms with E-state index in [1.54, 1.807) is 17.0 Å². The zero-order valence-electron chi connectivity index (χ0n) is 23.4. The van der Waals surface area contributed by atoms with Gasteiger partial charge >= 0.3 is 6.18 Å². The second-order valence-corrected chi connectivity index (χ2v) is 11.7. The molecule has 2 aromatic carbocycles. The van der Waals surface area contributed by atoms with Crippen molar-refractivity contribution in [2.75, 3.05) is 44.3 Å². The first-order valence-electron chi connectivity index (χ1n) is 13.6. The number of anilines is 1. The fraction of sp³-hybridized carbons (Fsp3) is 0.533. The maximum absolute atomic E-state index is 14.0. The summed E-state index contributed by atoms with van der Waals surface area (Å²) in [6.45, 7) is 10.8. The Hall–Kier alpha value is -3.14. The van der Waals surface area contributed by atoms with Gasteiger partial charge in [0.15, 0.2) is 0 Å². The third-order valence-corrected chi connectivity index (χ3v) is 7.86. The number of halogens is 4. The number of benzene rings is 2. The van der Waals surface area contributed by atoms with Gasteiger partial charge in [-0.15, -0.1) is 0 Å². The predicted molar refractivity (Wildman–Crippen MR) is 145 cm³/mol. The summed E-state index contributed by atoms with van der Waals surface area (Å²) in [6, 6.07) is 8.84. The van der Waals surface area contributed by atoms with Crippen LogP contribution in [-0.2, 0) is 25.9 Å².